The molecule has 3 rings (SSSR count). The minimum Gasteiger partial charge on any atom is -0.489 e. The lowest BCUT2D eigenvalue weighted by molar-refractivity contribution is -0.136. The maximum absolute atomic E-state index is 13.4. The van der Waals surface area contributed by atoms with Crippen molar-refractivity contribution in [2.75, 3.05) is 6.61 Å². The van der Waals surface area contributed by atoms with E-state index in [0.29, 0.717) is 23.5 Å². The highest BCUT2D eigenvalue weighted by Crippen LogP contribution is 2.28. The Morgan fingerprint density at radius 3 is 2.77 bits per heavy atom. The van der Waals surface area contributed by atoms with E-state index in [2.05, 4.69) is 22.6 Å². The zero-order valence-corrected chi connectivity index (χ0v) is 15.8. The molecule has 5 nitrogen and oxygen atoms in total. The van der Waals surface area contributed by atoms with Crippen LogP contribution >= 0.6 is 22.6 Å². The van der Waals surface area contributed by atoms with Crippen LogP contribution in [0, 0.1) is 9.39 Å². The van der Waals surface area contributed by atoms with Gasteiger partial charge in [0.1, 0.15) is 29.5 Å². The number of carboxylic acids is 1. The Hall–Kier alpha value is -2.13. The highest BCUT2D eigenvalue weighted by molar-refractivity contribution is 14.1. The minimum absolute atomic E-state index is 0.0172. The van der Waals surface area contributed by atoms with Crippen LogP contribution in [-0.2, 0) is 24.2 Å². The monoisotopic (exact) mass is 470 g/mol. The van der Waals surface area contributed by atoms with E-state index in [1.54, 1.807) is 0 Å². The molecule has 0 saturated heterocycles. The number of hydrogen-bond donors (Lipinski definition) is 2. The Morgan fingerprint density at radius 1 is 1.23 bits per heavy atom. The average Bonchev–Trinajstić information content (AvgIpc) is 2.97. The average molecular weight is 470 g/mol. The normalized spacial score (nSPS) is 11.0. The smallest absolute Gasteiger partial charge is 0.307 e. The number of carboxylic acid groups (broad SMARTS) is 1. The van der Waals surface area contributed by atoms with E-state index in [1.807, 2.05) is 18.2 Å². The Kier molecular flexibility index (Phi) is 5.77. The van der Waals surface area contributed by atoms with Crippen molar-refractivity contribution >= 4 is 39.5 Å². The first-order valence-corrected chi connectivity index (χ1v) is 8.99. The van der Waals surface area contributed by atoms with Gasteiger partial charge in [-0.2, -0.15) is 0 Å². The summed E-state index contributed by atoms with van der Waals surface area (Å²) >= 11 is 2.17. The number of halogens is 2. The van der Waals surface area contributed by atoms with E-state index in [0.717, 1.165) is 20.1 Å². The van der Waals surface area contributed by atoms with Crippen LogP contribution in [0.5, 0.6) is 5.75 Å². The summed E-state index contributed by atoms with van der Waals surface area (Å²) in [5, 5.41) is 18.9. The third kappa shape index (κ3) is 4.34. The SMILES string of the molecule is O=C(O)Cc1cc(F)ccc1OCc1cc(I)c2oc(CCO)cc2c1. The maximum Gasteiger partial charge on any atom is 0.307 e. The number of aliphatic hydroxyl groups is 1. The molecule has 0 radical (unpaired) electrons. The van der Waals surface area contributed by atoms with E-state index in [1.165, 1.54) is 18.2 Å². The van der Waals surface area contributed by atoms with Crippen molar-refractivity contribution < 1.29 is 28.6 Å². The third-order valence-electron chi connectivity index (χ3n) is 3.80. The third-order valence-corrected chi connectivity index (χ3v) is 4.60. The molecule has 0 amide bonds. The van der Waals surface area contributed by atoms with Crippen molar-refractivity contribution in [2.45, 2.75) is 19.4 Å². The molecule has 2 N–H and O–H groups in total. The van der Waals surface area contributed by atoms with Crippen LogP contribution in [0.4, 0.5) is 4.39 Å². The van der Waals surface area contributed by atoms with Gasteiger partial charge in [0.2, 0.25) is 0 Å². The second kappa shape index (κ2) is 8.05. The van der Waals surface area contributed by atoms with Crippen LogP contribution in [0.1, 0.15) is 16.9 Å². The number of carbonyl (C=O) groups is 1. The first-order chi connectivity index (χ1) is 12.5. The molecule has 2 aromatic carbocycles. The van der Waals surface area contributed by atoms with Gasteiger partial charge in [0, 0.05) is 17.4 Å². The van der Waals surface area contributed by atoms with Crippen molar-refractivity contribution in [3.8, 4) is 5.75 Å². The van der Waals surface area contributed by atoms with Crippen LogP contribution in [0.15, 0.2) is 40.8 Å². The summed E-state index contributed by atoms with van der Waals surface area (Å²) < 4.78 is 25.7. The van der Waals surface area contributed by atoms with E-state index in [4.69, 9.17) is 19.4 Å². The lowest BCUT2D eigenvalue weighted by Crippen LogP contribution is -2.05. The summed E-state index contributed by atoms with van der Waals surface area (Å²) in [5.74, 6) is -0.497. The number of aliphatic carboxylic acids is 1. The molecule has 1 heterocycles. The number of hydrogen-bond acceptors (Lipinski definition) is 4. The number of ether oxygens (including phenoxy) is 1. The van der Waals surface area contributed by atoms with Crippen LogP contribution < -0.4 is 4.74 Å². The zero-order valence-electron chi connectivity index (χ0n) is 13.7. The molecule has 26 heavy (non-hydrogen) atoms. The molecule has 0 atom stereocenters. The van der Waals surface area contributed by atoms with Crippen molar-refractivity contribution in [3.05, 3.63) is 62.7 Å². The molecule has 1 aromatic heterocycles. The quantitative estimate of drug-likeness (QED) is 0.512. The molecule has 3 aromatic rings. The molecule has 0 saturated carbocycles. The van der Waals surface area contributed by atoms with Gasteiger partial charge >= 0.3 is 5.97 Å². The van der Waals surface area contributed by atoms with Gasteiger partial charge in [0.15, 0.2) is 0 Å². The zero-order chi connectivity index (χ0) is 18.7. The predicted octanol–water partition coefficient (Wildman–Crippen LogP) is 3.92. The fourth-order valence-corrected chi connectivity index (χ4v) is 3.51. The van der Waals surface area contributed by atoms with Gasteiger partial charge in [0.05, 0.1) is 16.6 Å². The van der Waals surface area contributed by atoms with Crippen LogP contribution in [0.25, 0.3) is 11.0 Å². The highest BCUT2D eigenvalue weighted by Gasteiger charge is 2.12. The summed E-state index contributed by atoms with van der Waals surface area (Å²) in [5.41, 5.74) is 1.93. The second-order valence-corrected chi connectivity index (χ2v) is 6.96. The van der Waals surface area contributed by atoms with Gasteiger partial charge in [-0.25, -0.2) is 4.39 Å². The topological polar surface area (TPSA) is 79.9 Å². The van der Waals surface area contributed by atoms with Crippen LogP contribution in [0.2, 0.25) is 0 Å². The lowest BCUT2D eigenvalue weighted by Gasteiger charge is -2.11. The molecule has 0 fully saturated rings. The first-order valence-electron chi connectivity index (χ1n) is 7.91. The largest absolute Gasteiger partial charge is 0.489 e. The van der Waals surface area contributed by atoms with E-state index < -0.39 is 11.8 Å². The van der Waals surface area contributed by atoms with Crippen molar-refractivity contribution in [1.29, 1.82) is 0 Å². The van der Waals surface area contributed by atoms with E-state index >= 15 is 0 Å². The second-order valence-electron chi connectivity index (χ2n) is 5.79. The molecular formula is C19H16FIO5. The molecule has 0 aliphatic heterocycles. The summed E-state index contributed by atoms with van der Waals surface area (Å²) in [7, 11) is 0. The lowest BCUT2D eigenvalue weighted by atomic mass is 10.1. The molecule has 0 spiro atoms. The summed E-state index contributed by atoms with van der Waals surface area (Å²) in [6.45, 7) is 0.230. The van der Waals surface area contributed by atoms with E-state index in [9.17, 15) is 9.18 Å². The fourth-order valence-electron chi connectivity index (χ4n) is 2.69. The molecule has 0 aliphatic rings. The minimum atomic E-state index is -1.05. The molecule has 0 unspecified atom stereocenters. The number of furan rings is 1. The highest BCUT2D eigenvalue weighted by atomic mass is 127. The molecular weight excluding hydrogens is 454 g/mol. The Labute approximate surface area is 162 Å². The van der Waals surface area contributed by atoms with Gasteiger partial charge in [-0.3, -0.25) is 4.79 Å². The predicted molar refractivity (Wildman–Crippen MR) is 102 cm³/mol. The van der Waals surface area contributed by atoms with Gasteiger partial charge in [-0.1, -0.05) is 0 Å². The maximum atomic E-state index is 13.4. The Morgan fingerprint density at radius 2 is 2.04 bits per heavy atom. The van der Waals surface area contributed by atoms with Crippen molar-refractivity contribution in [1.82, 2.24) is 0 Å². The standard InChI is InChI=1S/C19H16FIO5/c20-14-1-2-17(12(7-14)9-18(23)24)25-10-11-5-13-8-15(3-4-22)26-19(13)16(21)6-11/h1-2,5-8,22H,3-4,9-10H2,(H,23,24). The van der Waals surface area contributed by atoms with E-state index in [-0.39, 0.29) is 19.6 Å². The molecule has 0 bridgehead atoms. The number of benzene rings is 2. The summed E-state index contributed by atoms with van der Waals surface area (Å²) in [6.07, 6.45) is 0.140. The van der Waals surface area contributed by atoms with Crippen LogP contribution in [-0.4, -0.2) is 22.8 Å². The molecule has 7 heteroatoms. The number of rotatable bonds is 7. The Balaban J connectivity index is 1.82. The van der Waals surface area contributed by atoms with Crippen molar-refractivity contribution in [3.63, 3.8) is 0 Å². The molecule has 0 aliphatic carbocycles. The van der Waals surface area contributed by atoms with Gasteiger partial charge < -0.3 is 19.4 Å². The summed E-state index contributed by atoms with van der Waals surface area (Å²) in [6, 6.07) is 9.57. The molecule has 136 valence electrons. The van der Waals surface area contributed by atoms with Crippen LogP contribution in [0.3, 0.4) is 0 Å². The van der Waals surface area contributed by atoms with Gasteiger partial charge in [-0.05, 0) is 64.6 Å². The first kappa shape index (κ1) is 18.7. The fraction of sp³-hybridized carbons (Fsp3) is 0.211. The van der Waals surface area contributed by atoms with Gasteiger partial charge in [0.25, 0.3) is 0 Å². The van der Waals surface area contributed by atoms with Gasteiger partial charge in [-0.15, -0.1) is 0 Å². The Bertz CT molecular complexity index is 950. The summed E-state index contributed by atoms with van der Waals surface area (Å²) in [4.78, 5) is 10.9. The van der Waals surface area contributed by atoms with Crippen molar-refractivity contribution in [2.24, 2.45) is 0 Å². The number of fused-ring (bicyclic) bond motifs is 1. The number of aliphatic hydroxyl groups excluding tert-OH is 1.